The Balaban J connectivity index is 1.25. The zero-order valence-electron chi connectivity index (χ0n) is 16.2. The molecule has 0 unspecified atom stereocenters. The number of nitrogens with one attached hydrogen (secondary N) is 2. The number of guanidine groups is 1. The number of aliphatic imine (C=N–C) groups is 1. The molecule has 1 aliphatic heterocycles. The van der Waals surface area contributed by atoms with Crippen molar-refractivity contribution in [2.24, 2.45) is 10.9 Å². The molecule has 3 rings (SSSR count). The number of fused-ring (bicyclic) bond motifs is 1. The van der Waals surface area contributed by atoms with Gasteiger partial charge in [0.25, 0.3) is 0 Å². The summed E-state index contributed by atoms with van der Waals surface area (Å²) in [7, 11) is 1.79. The van der Waals surface area contributed by atoms with Gasteiger partial charge < -0.3 is 24.5 Å². The Hall–Kier alpha value is -2.05. The number of furan rings is 1. The van der Waals surface area contributed by atoms with E-state index >= 15 is 0 Å². The van der Waals surface area contributed by atoms with Crippen molar-refractivity contribution in [3.63, 3.8) is 0 Å². The van der Waals surface area contributed by atoms with Crippen molar-refractivity contribution in [3.8, 4) is 0 Å². The Morgan fingerprint density at radius 2 is 2.00 bits per heavy atom. The van der Waals surface area contributed by atoms with Crippen molar-refractivity contribution in [3.05, 3.63) is 36.1 Å². The van der Waals surface area contributed by atoms with E-state index in [1.165, 1.54) is 0 Å². The van der Waals surface area contributed by atoms with Crippen LogP contribution in [0.25, 0.3) is 11.0 Å². The largest absolute Gasteiger partial charge is 0.461 e. The van der Waals surface area contributed by atoms with Crippen LogP contribution >= 0.6 is 0 Å². The van der Waals surface area contributed by atoms with E-state index in [9.17, 15) is 0 Å². The monoisotopic (exact) mass is 373 g/mol. The lowest BCUT2D eigenvalue weighted by Crippen LogP contribution is -2.39. The fourth-order valence-electron chi connectivity index (χ4n) is 3.23. The Kier molecular flexibility index (Phi) is 7.99. The van der Waals surface area contributed by atoms with Gasteiger partial charge in [-0.25, -0.2) is 0 Å². The van der Waals surface area contributed by atoms with Gasteiger partial charge in [-0.05, 0) is 37.3 Å². The zero-order valence-corrected chi connectivity index (χ0v) is 16.2. The maximum Gasteiger partial charge on any atom is 0.190 e. The number of ether oxygens (including phenoxy) is 2. The molecule has 2 N–H and O–H groups in total. The van der Waals surface area contributed by atoms with E-state index in [2.05, 4.69) is 27.8 Å². The predicted molar refractivity (Wildman–Crippen MR) is 108 cm³/mol. The summed E-state index contributed by atoms with van der Waals surface area (Å²) in [5.74, 6) is 2.47. The molecule has 1 aromatic carbocycles. The van der Waals surface area contributed by atoms with Crippen LogP contribution < -0.4 is 10.6 Å². The quantitative estimate of drug-likeness (QED) is 0.402. The van der Waals surface area contributed by atoms with Gasteiger partial charge in [-0.15, -0.1) is 0 Å². The molecule has 0 aliphatic carbocycles. The van der Waals surface area contributed by atoms with E-state index in [1.54, 1.807) is 7.05 Å². The summed E-state index contributed by atoms with van der Waals surface area (Å²) in [6.07, 6.45) is 4.04. The van der Waals surface area contributed by atoms with Gasteiger partial charge in [-0.1, -0.05) is 18.2 Å². The summed E-state index contributed by atoms with van der Waals surface area (Å²) in [4.78, 5) is 4.26. The van der Waals surface area contributed by atoms with Crippen molar-refractivity contribution in [1.29, 1.82) is 0 Å². The molecule has 1 saturated heterocycles. The highest BCUT2D eigenvalue weighted by Gasteiger charge is 2.13. The predicted octanol–water partition coefficient (Wildman–Crippen LogP) is 2.97. The van der Waals surface area contributed by atoms with Crippen molar-refractivity contribution in [2.75, 3.05) is 46.6 Å². The SMILES string of the molecule is CN=C(NCCCOCC1CCOCC1)NCCc1cc2ccccc2o1. The second kappa shape index (κ2) is 10.9. The minimum absolute atomic E-state index is 0.666. The number of para-hydroxylation sites is 1. The lowest BCUT2D eigenvalue weighted by atomic mass is 10.0. The van der Waals surface area contributed by atoms with E-state index in [4.69, 9.17) is 13.9 Å². The van der Waals surface area contributed by atoms with Crippen LogP contribution in [-0.4, -0.2) is 52.5 Å². The zero-order chi connectivity index (χ0) is 18.7. The van der Waals surface area contributed by atoms with Gasteiger partial charge >= 0.3 is 0 Å². The number of hydrogen-bond acceptors (Lipinski definition) is 4. The molecule has 0 radical (unpaired) electrons. The lowest BCUT2D eigenvalue weighted by molar-refractivity contribution is 0.0203. The highest BCUT2D eigenvalue weighted by Crippen LogP contribution is 2.18. The molecule has 27 heavy (non-hydrogen) atoms. The topological polar surface area (TPSA) is 68.0 Å². The average Bonchev–Trinajstić information content (AvgIpc) is 3.12. The van der Waals surface area contributed by atoms with Gasteiger partial charge in [0, 0.05) is 58.4 Å². The third kappa shape index (κ3) is 6.56. The fraction of sp³-hybridized carbons (Fsp3) is 0.571. The highest BCUT2D eigenvalue weighted by atomic mass is 16.5. The Labute approximate surface area is 161 Å². The lowest BCUT2D eigenvalue weighted by Gasteiger charge is -2.21. The Bertz CT molecular complexity index is 675. The van der Waals surface area contributed by atoms with Crippen molar-refractivity contribution in [2.45, 2.75) is 25.7 Å². The van der Waals surface area contributed by atoms with Crippen LogP contribution in [-0.2, 0) is 15.9 Å². The molecular weight excluding hydrogens is 342 g/mol. The van der Waals surface area contributed by atoms with Gasteiger partial charge in [-0.2, -0.15) is 0 Å². The van der Waals surface area contributed by atoms with Crippen molar-refractivity contribution in [1.82, 2.24) is 10.6 Å². The molecule has 1 aliphatic rings. The molecule has 0 amide bonds. The first kappa shape index (κ1) is 19.7. The number of benzene rings is 1. The molecule has 1 aromatic heterocycles. The molecular formula is C21H31N3O3. The van der Waals surface area contributed by atoms with E-state index in [1.807, 2.05) is 18.2 Å². The Morgan fingerprint density at radius 3 is 2.81 bits per heavy atom. The van der Waals surface area contributed by atoms with Gasteiger partial charge in [0.2, 0.25) is 0 Å². The Morgan fingerprint density at radius 1 is 1.19 bits per heavy atom. The molecule has 6 nitrogen and oxygen atoms in total. The van der Waals surface area contributed by atoms with Crippen LogP contribution in [0.3, 0.4) is 0 Å². The highest BCUT2D eigenvalue weighted by molar-refractivity contribution is 5.79. The summed E-state index contributed by atoms with van der Waals surface area (Å²) in [5, 5.41) is 7.81. The second-order valence-corrected chi connectivity index (χ2v) is 6.91. The van der Waals surface area contributed by atoms with Crippen LogP contribution in [0, 0.1) is 5.92 Å². The molecule has 0 spiro atoms. The standard InChI is InChI=1S/C21H31N3O3/c1-22-21(23-10-4-12-26-16-17-8-13-25-14-9-17)24-11-7-19-15-18-5-2-3-6-20(18)27-19/h2-3,5-6,15,17H,4,7-14,16H2,1H3,(H2,22,23,24). The van der Waals surface area contributed by atoms with Crippen LogP contribution in [0.5, 0.6) is 0 Å². The molecule has 0 atom stereocenters. The first-order valence-corrected chi connectivity index (χ1v) is 9.92. The van der Waals surface area contributed by atoms with Gasteiger partial charge in [0.1, 0.15) is 11.3 Å². The average molecular weight is 373 g/mol. The van der Waals surface area contributed by atoms with Gasteiger partial charge in [0.15, 0.2) is 5.96 Å². The molecule has 148 valence electrons. The molecule has 6 heteroatoms. The smallest absolute Gasteiger partial charge is 0.190 e. The molecule has 2 heterocycles. The van der Waals surface area contributed by atoms with E-state index in [-0.39, 0.29) is 0 Å². The van der Waals surface area contributed by atoms with Gasteiger partial charge in [0.05, 0.1) is 0 Å². The summed E-state index contributed by atoms with van der Waals surface area (Å²) >= 11 is 0. The van der Waals surface area contributed by atoms with Crippen LogP contribution in [0.4, 0.5) is 0 Å². The maximum absolute atomic E-state index is 5.83. The van der Waals surface area contributed by atoms with Crippen molar-refractivity contribution < 1.29 is 13.9 Å². The first-order chi connectivity index (χ1) is 13.3. The molecule has 0 saturated carbocycles. The molecule has 1 fully saturated rings. The molecule has 2 aromatic rings. The maximum atomic E-state index is 5.83. The summed E-state index contributed by atoms with van der Waals surface area (Å²) in [6, 6.07) is 10.2. The van der Waals surface area contributed by atoms with Crippen LogP contribution in [0.2, 0.25) is 0 Å². The normalized spacial score (nSPS) is 16.0. The van der Waals surface area contributed by atoms with Crippen LogP contribution in [0.15, 0.2) is 39.7 Å². The third-order valence-corrected chi connectivity index (χ3v) is 4.82. The van der Waals surface area contributed by atoms with Gasteiger partial charge in [-0.3, -0.25) is 4.99 Å². The minimum atomic E-state index is 0.666. The summed E-state index contributed by atoms with van der Waals surface area (Å²) in [6.45, 7) is 5.02. The fourth-order valence-corrected chi connectivity index (χ4v) is 3.23. The van der Waals surface area contributed by atoms with Crippen LogP contribution in [0.1, 0.15) is 25.0 Å². The minimum Gasteiger partial charge on any atom is -0.461 e. The van der Waals surface area contributed by atoms with E-state index < -0.39 is 0 Å². The summed E-state index contributed by atoms with van der Waals surface area (Å²) in [5.41, 5.74) is 0.941. The summed E-state index contributed by atoms with van der Waals surface area (Å²) < 4.78 is 17.0. The van der Waals surface area contributed by atoms with Crippen molar-refractivity contribution >= 4 is 16.9 Å². The number of rotatable bonds is 9. The number of nitrogens with zero attached hydrogens (tertiary/aromatic N) is 1. The van der Waals surface area contributed by atoms with E-state index in [0.29, 0.717) is 5.92 Å². The molecule has 0 bridgehead atoms. The number of hydrogen-bond donors (Lipinski definition) is 2. The second-order valence-electron chi connectivity index (χ2n) is 6.91. The first-order valence-electron chi connectivity index (χ1n) is 9.92. The van der Waals surface area contributed by atoms with E-state index in [0.717, 1.165) is 87.9 Å². The third-order valence-electron chi connectivity index (χ3n) is 4.82.